The first-order valence-corrected chi connectivity index (χ1v) is 5.01. The fourth-order valence-electron chi connectivity index (χ4n) is 0.298. The van der Waals surface area contributed by atoms with Crippen molar-refractivity contribution in [1.29, 1.82) is 0 Å². The summed E-state index contributed by atoms with van der Waals surface area (Å²) in [6.45, 7) is 19.4. The monoisotopic (exact) mass is 183 g/mol. The van der Waals surface area contributed by atoms with Gasteiger partial charge in [0, 0.05) is 12.4 Å². The van der Waals surface area contributed by atoms with Gasteiger partial charge in [-0.2, -0.15) is 0 Å². The second kappa shape index (κ2) is 17.3. The molecule has 0 heterocycles. The lowest BCUT2D eigenvalue weighted by Crippen LogP contribution is -1.91. The van der Waals surface area contributed by atoms with E-state index in [1.54, 1.807) is 6.21 Å². The zero-order chi connectivity index (χ0) is 11.3. The van der Waals surface area contributed by atoms with Gasteiger partial charge in [0.15, 0.2) is 0 Å². The maximum Gasteiger partial charge on any atom is 0.0296 e. The summed E-state index contributed by atoms with van der Waals surface area (Å²) in [6.07, 6.45) is 3.24. The van der Waals surface area contributed by atoms with E-state index in [4.69, 9.17) is 0 Å². The Morgan fingerprint density at radius 2 is 1.54 bits per heavy atom. The third-order valence-electron chi connectivity index (χ3n) is 1.09. The maximum absolute atomic E-state index is 3.83. The predicted molar refractivity (Wildman–Crippen MR) is 65.4 cm³/mol. The van der Waals surface area contributed by atoms with Gasteiger partial charge >= 0.3 is 0 Å². The summed E-state index contributed by atoms with van der Waals surface area (Å²) in [5.74, 6) is 0.480. The lowest BCUT2D eigenvalue weighted by Gasteiger charge is -1.99. The second-order valence-corrected chi connectivity index (χ2v) is 2.19. The van der Waals surface area contributed by atoms with E-state index in [1.165, 1.54) is 6.20 Å². The van der Waals surface area contributed by atoms with Crippen LogP contribution in [0.1, 0.15) is 41.5 Å². The molecule has 0 rings (SSSR count). The van der Waals surface area contributed by atoms with Crippen molar-refractivity contribution in [2.75, 3.05) is 0 Å². The highest BCUT2D eigenvalue weighted by molar-refractivity contribution is 5.78. The summed E-state index contributed by atoms with van der Waals surface area (Å²) in [4.78, 5) is 3.83. The minimum absolute atomic E-state index is 0.480. The van der Waals surface area contributed by atoms with E-state index >= 15 is 0 Å². The average Bonchev–Trinajstić information content (AvgIpc) is 2.20. The lowest BCUT2D eigenvalue weighted by atomic mass is 10.1. The number of aliphatic imine (C=N–C) groups is 1. The molecule has 0 amide bonds. The summed E-state index contributed by atoms with van der Waals surface area (Å²) < 4.78 is 0. The van der Waals surface area contributed by atoms with Gasteiger partial charge < -0.3 is 0 Å². The van der Waals surface area contributed by atoms with Gasteiger partial charge in [0.05, 0.1) is 0 Å². The number of allylic oxidation sites excluding steroid dienone is 1. The molecule has 0 N–H and O–H groups in total. The van der Waals surface area contributed by atoms with Crippen LogP contribution in [-0.4, -0.2) is 6.21 Å². The molecular formula is C12H25N. The molecule has 0 aliphatic carbocycles. The average molecular weight is 183 g/mol. The van der Waals surface area contributed by atoms with Crippen LogP contribution in [0.5, 0.6) is 0 Å². The van der Waals surface area contributed by atoms with Gasteiger partial charge in [-0.25, -0.2) is 0 Å². The molecule has 0 unspecified atom stereocenters. The summed E-state index contributed by atoms with van der Waals surface area (Å²) >= 11 is 0. The van der Waals surface area contributed by atoms with Crippen molar-refractivity contribution in [3.8, 4) is 0 Å². The molecule has 0 aromatic rings. The molecule has 0 spiro atoms. The Morgan fingerprint density at radius 3 is 1.77 bits per heavy atom. The molecule has 0 aliphatic rings. The molecule has 1 heteroatoms. The van der Waals surface area contributed by atoms with E-state index in [-0.39, 0.29) is 0 Å². The smallest absolute Gasteiger partial charge is 0.0296 e. The molecule has 0 saturated heterocycles. The first-order chi connectivity index (χ1) is 6.18. The Hall–Kier alpha value is -0.850. The maximum atomic E-state index is 3.83. The van der Waals surface area contributed by atoms with Crippen LogP contribution in [0, 0.1) is 5.92 Å². The quantitative estimate of drug-likeness (QED) is 0.573. The van der Waals surface area contributed by atoms with Crippen molar-refractivity contribution < 1.29 is 0 Å². The van der Waals surface area contributed by atoms with Crippen LogP contribution in [-0.2, 0) is 0 Å². The Kier molecular flexibility index (Phi) is 24.0. The highest BCUT2D eigenvalue weighted by atomic mass is 14.7. The molecule has 1 nitrogen and oxygen atoms in total. The van der Waals surface area contributed by atoms with E-state index in [2.05, 4.69) is 32.0 Å². The molecule has 0 bridgehead atoms. The van der Waals surface area contributed by atoms with Crippen LogP contribution in [0.4, 0.5) is 0 Å². The summed E-state index contributed by atoms with van der Waals surface area (Å²) in [6, 6.07) is 0. The number of rotatable bonds is 3. The highest BCUT2D eigenvalue weighted by Crippen LogP contribution is 2.02. The normalized spacial score (nSPS) is 8.23. The molecule has 0 aromatic heterocycles. The van der Waals surface area contributed by atoms with Crippen molar-refractivity contribution in [3.05, 3.63) is 24.9 Å². The van der Waals surface area contributed by atoms with E-state index in [9.17, 15) is 0 Å². The number of hydrogen-bond donors (Lipinski definition) is 0. The zero-order valence-corrected chi connectivity index (χ0v) is 10.1. The van der Waals surface area contributed by atoms with Crippen molar-refractivity contribution in [3.63, 3.8) is 0 Å². The van der Waals surface area contributed by atoms with Crippen LogP contribution in [0.2, 0.25) is 0 Å². The van der Waals surface area contributed by atoms with E-state index in [1.807, 2.05) is 27.7 Å². The first-order valence-electron chi connectivity index (χ1n) is 5.01. The third-order valence-corrected chi connectivity index (χ3v) is 1.09. The number of hydrogen-bond acceptors (Lipinski definition) is 1. The SMILES string of the molecule is C=CN=CC(=C)C(C)C.CC.CC. The van der Waals surface area contributed by atoms with E-state index in [0.717, 1.165) is 5.57 Å². The molecule has 0 atom stereocenters. The Balaban J connectivity index is -0.000000218. The van der Waals surface area contributed by atoms with Gasteiger partial charge in [-0.1, -0.05) is 54.7 Å². The van der Waals surface area contributed by atoms with Gasteiger partial charge in [0.2, 0.25) is 0 Å². The standard InChI is InChI=1S/C8H13N.2C2H6/c1-5-9-6-8(4)7(2)3;2*1-2/h5-7H,1,4H2,2-3H3;2*1-2H3. The van der Waals surface area contributed by atoms with Crippen LogP contribution >= 0.6 is 0 Å². The molecule has 0 aliphatic heterocycles. The fraction of sp³-hybridized carbons (Fsp3) is 0.583. The summed E-state index contributed by atoms with van der Waals surface area (Å²) in [5.41, 5.74) is 1.04. The van der Waals surface area contributed by atoms with E-state index in [0.29, 0.717) is 5.92 Å². The Morgan fingerprint density at radius 1 is 1.15 bits per heavy atom. The Labute approximate surface area is 84.3 Å². The van der Waals surface area contributed by atoms with Crippen molar-refractivity contribution in [2.45, 2.75) is 41.5 Å². The van der Waals surface area contributed by atoms with Gasteiger partial charge in [-0.3, -0.25) is 4.99 Å². The molecule has 0 saturated carbocycles. The third kappa shape index (κ3) is 18.3. The van der Waals surface area contributed by atoms with Crippen molar-refractivity contribution in [2.24, 2.45) is 10.9 Å². The van der Waals surface area contributed by atoms with Gasteiger partial charge in [0.25, 0.3) is 0 Å². The lowest BCUT2D eigenvalue weighted by molar-refractivity contribution is 0.810. The minimum atomic E-state index is 0.480. The summed E-state index contributed by atoms with van der Waals surface area (Å²) in [5, 5.41) is 0. The van der Waals surface area contributed by atoms with Gasteiger partial charge in [0.1, 0.15) is 0 Å². The summed E-state index contributed by atoms with van der Waals surface area (Å²) in [7, 11) is 0. The molecule has 0 fully saturated rings. The molecule has 13 heavy (non-hydrogen) atoms. The van der Waals surface area contributed by atoms with Crippen LogP contribution in [0.15, 0.2) is 29.9 Å². The molecular weight excluding hydrogens is 158 g/mol. The first kappa shape index (κ1) is 18.0. The number of nitrogens with zero attached hydrogens (tertiary/aromatic N) is 1. The molecule has 78 valence electrons. The second-order valence-electron chi connectivity index (χ2n) is 2.19. The van der Waals surface area contributed by atoms with E-state index < -0.39 is 0 Å². The fourth-order valence-corrected chi connectivity index (χ4v) is 0.298. The van der Waals surface area contributed by atoms with Crippen molar-refractivity contribution in [1.82, 2.24) is 0 Å². The predicted octanol–water partition coefficient (Wildman–Crippen LogP) is 4.47. The Bertz CT molecular complexity index is 132. The van der Waals surface area contributed by atoms with Gasteiger partial charge in [-0.05, 0) is 11.5 Å². The van der Waals surface area contributed by atoms with Gasteiger partial charge in [-0.15, -0.1) is 0 Å². The largest absolute Gasteiger partial charge is 0.265 e. The van der Waals surface area contributed by atoms with Crippen LogP contribution in [0.3, 0.4) is 0 Å². The highest BCUT2D eigenvalue weighted by Gasteiger charge is 1.92. The minimum Gasteiger partial charge on any atom is -0.265 e. The molecule has 0 aromatic carbocycles. The van der Waals surface area contributed by atoms with Crippen LogP contribution < -0.4 is 0 Å². The molecule has 0 radical (unpaired) electrons. The van der Waals surface area contributed by atoms with Crippen molar-refractivity contribution >= 4 is 6.21 Å². The topological polar surface area (TPSA) is 12.4 Å². The zero-order valence-electron chi connectivity index (χ0n) is 10.1. The van der Waals surface area contributed by atoms with Crippen LogP contribution in [0.25, 0.3) is 0 Å².